The van der Waals surface area contributed by atoms with Gasteiger partial charge in [-0.3, -0.25) is 4.79 Å². The first-order valence-electron chi connectivity index (χ1n) is 7.98. The summed E-state index contributed by atoms with van der Waals surface area (Å²) in [5, 5.41) is 0.198. The molecule has 0 saturated carbocycles. The minimum absolute atomic E-state index is 0.00113. The van der Waals surface area contributed by atoms with Crippen molar-refractivity contribution in [1.82, 2.24) is 0 Å². The molecule has 3 aromatic carbocycles. The predicted octanol–water partition coefficient (Wildman–Crippen LogP) is 4.38. The number of nitrogens with zero attached hydrogens (tertiary/aromatic N) is 1. The summed E-state index contributed by atoms with van der Waals surface area (Å²) in [6.07, 6.45) is 0. The molecule has 0 fully saturated rings. The number of methoxy groups -OCH3 is 1. The van der Waals surface area contributed by atoms with Crippen LogP contribution in [0.5, 0.6) is 5.75 Å². The quantitative estimate of drug-likeness (QED) is 0.636. The molecule has 5 nitrogen and oxygen atoms in total. The third kappa shape index (κ3) is 3.82. The highest BCUT2D eigenvalue weighted by atomic mass is 35.5. The summed E-state index contributed by atoms with van der Waals surface area (Å²) in [5.74, 6) is -0.301. The van der Waals surface area contributed by atoms with Crippen LogP contribution in [-0.4, -0.2) is 21.4 Å². The number of halogens is 1. The lowest BCUT2D eigenvalue weighted by Crippen LogP contribution is -2.37. The average Bonchev–Trinajstić information content (AvgIpc) is 2.69. The van der Waals surface area contributed by atoms with Crippen LogP contribution in [0, 0.1) is 0 Å². The van der Waals surface area contributed by atoms with E-state index in [4.69, 9.17) is 16.3 Å². The molecule has 0 saturated heterocycles. The molecule has 0 aliphatic heterocycles. The van der Waals surface area contributed by atoms with Gasteiger partial charge in [0.1, 0.15) is 5.75 Å². The van der Waals surface area contributed by atoms with E-state index < -0.39 is 15.9 Å². The first-order chi connectivity index (χ1) is 12.9. The number of sulfonamides is 1. The number of carbonyl (C=O) groups is 1. The van der Waals surface area contributed by atoms with Crippen LogP contribution >= 0.6 is 11.6 Å². The molecule has 3 rings (SSSR count). The second-order valence-electron chi connectivity index (χ2n) is 5.57. The van der Waals surface area contributed by atoms with Gasteiger partial charge in [-0.25, -0.2) is 8.42 Å². The van der Waals surface area contributed by atoms with Crippen molar-refractivity contribution in [2.24, 2.45) is 0 Å². The van der Waals surface area contributed by atoms with Gasteiger partial charge in [-0.05, 0) is 42.5 Å². The van der Waals surface area contributed by atoms with Crippen molar-refractivity contribution in [3.05, 3.63) is 89.4 Å². The summed E-state index contributed by atoms with van der Waals surface area (Å²) >= 11 is 6.16. The summed E-state index contributed by atoms with van der Waals surface area (Å²) < 4.78 is 32.4. The van der Waals surface area contributed by atoms with Crippen molar-refractivity contribution in [2.45, 2.75) is 4.90 Å². The fourth-order valence-electron chi connectivity index (χ4n) is 2.54. The molecule has 0 N–H and O–H groups in total. The highest BCUT2D eigenvalue weighted by molar-refractivity contribution is 7.93. The molecule has 0 aliphatic carbocycles. The molecule has 0 heterocycles. The molecule has 27 heavy (non-hydrogen) atoms. The van der Waals surface area contributed by atoms with E-state index in [1.165, 1.54) is 37.4 Å². The van der Waals surface area contributed by atoms with Gasteiger partial charge < -0.3 is 4.74 Å². The molecule has 1 amide bonds. The Bertz CT molecular complexity index is 1050. The first kappa shape index (κ1) is 18.9. The molecule has 3 aromatic rings. The predicted molar refractivity (Wildman–Crippen MR) is 105 cm³/mol. The standard InChI is InChI=1S/C20H16ClNO4S/c1-26-19-13-12-16(14-18(19)21)22(20(23)15-8-4-2-5-9-15)27(24,25)17-10-6-3-7-11-17/h2-14H,1H3. The minimum atomic E-state index is -4.15. The number of rotatable bonds is 5. The third-order valence-electron chi connectivity index (χ3n) is 3.86. The van der Waals surface area contributed by atoms with Crippen LogP contribution in [0.4, 0.5) is 5.69 Å². The summed E-state index contributed by atoms with van der Waals surface area (Å²) in [6, 6.07) is 20.3. The Morgan fingerprint density at radius 1 is 0.926 bits per heavy atom. The number of hydrogen-bond donors (Lipinski definition) is 0. The van der Waals surface area contributed by atoms with Gasteiger partial charge >= 0.3 is 0 Å². The smallest absolute Gasteiger partial charge is 0.272 e. The van der Waals surface area contributed by atoms with E-state index in [2.05, 4.69) is 0 Å². The van der Waals surface area contributed by atoms with Crippen molar-refractivity contribution < 1.29 is 17.9 Å². The fourth-order valence-corrected chi connectivity index (χ4v) is 4.22. The van der Waals surface area contributed by atoms with Gasteiger partial charge in [0, 0.05) is 5.56 Å². The summed E-state index contributed by atoms with van der Waals surface area (Å²) in [7, 11) is -2.70. The van der Waals surface area contributed by atoms with E-state index in [1.807, 2.05) is 0 Å². The zero-order valence-electron chi connectivity index (χ0n) is 14.4. The zero-order valence-corrected chi connectivity index (χ0v) is 15.9. The van der Waals surface area contributed by atoms with E-state index >= 15 is 0 Å². The molecular formula is C20H16ClNO4S. The largest absolute Gasteiger partial charge is 0.495 e. The highest BCUT2D eigenvalue weighted by Crippen LogP contribution is 2.32. The molecule has 0 radical (unpaired) electrons. The normalized spacial score (nSPS) is 11.0. The van der Waals surface area contributed by atoms with Crippen molar-refractivity contribution >= 4 is 33.2 Å². The highest BCUT2D eigenvalue weighted by Gasteiger charge is 2.32. The zero-order chi connectivity index (χ0) is 19.4. The van der Waals surface area contributed by atoms with Crippen LogP contribution in [-0.2, 0) is 10.0 Å². The van der Waals surface area contributed by atoms with Crippen LogP contribution in [0.1, 0.15) is 10.4 Å². The lowest BCUT2D eigenvalue weighted by molar-refractivity contribution is 0.101. The summed E-state index contributed by atoms with van der Waals surface area (Å²) in [5.41, 5.74) is 0.363. The Morgan fingerprint density at radius 3 is 2.07 bits per heavy atom. The maximum atomic E-state index is 13.2. The van der Waals surface area contributed by atoms with Crippen molar-refractivity contribution in [1.29, 1.82) is 0 Å². The molecule has 7 heteroatoms. The van der Waals surface area contributed by atoms with Crippen LogP contribution in [0.25, 0.3) is 0 Å². The van der Waals surface area contributed by atoms with E-state index in [9.17, 15) is 13.2 Å². The summed E-state index contributed by atoms with van der Waals surface area (Å²) in [6.45, 7) is 0. The number of hydrogen-bond acceptors (Lipinski definition) is 4. The van der Waals surface area contributed by atoms with Crippen molar-refractivity contribution in [3.63, 3.8) is 0 Å². The van der Waals surface area contributed by atoms with Gasteiger partial charge in [-0.1, -0.05) is 48.0 Å². The van der Waals surface area contributed by atoms with Crippen molar-refractivity contribution in [2.75, 3.05) is 11.4 Å². The molecule has 0 atom stereocenters. The molecule has 138 valence electrons. The lowest BCUT2D eigenvalue weighted by Gasteiger charge is -2.23. The Hall–Kier alpha value is -2.83. The fraction of sp³-hybridized carbons (Fsp3) is 0.0500. The molecule has 0 aromatic heterocycles. The van der Waals surface area contributed by atoms with Gasteiger partial charge in [-0.15, -0.1) is 0 Å². The van der Waals surface area contributed by atoms with Crippen LogP contribution in [0.15, 0.2) is 83.8 Å². The number of carbonyl (C=O) groups excluding carboxylic acids is 1. The number of ether oxygens (including phenoxy) is 1. The molecule has 0 bridgehead atoms. The van der Waals surface area contributed by atoms with E-state index in [-0.39, 0.29) is 21.2 Å². The second kappa shape index (κ2) is 7.82. The molecular weight excluding hydrogens is 386 g/mol. The summed E-state index contributed by atoms with van der Waals surface area (Å²) in [4.78, 5) is 13.1. The lowest BCUT2D eigenvalue weighted by atomic mass is 10.2. The second-order valence-corrected chi connectivity index (χ2v) is 7.77. The Kier molecular flexibility index (Phi) is 5.48. The Labute approximate surface area is 162 Å². The maximum Gasteiger partial charge on any atom is 0.272 e. The van der Waals surface area contributed by atoms with Crippen LogP contribution in [0.2, 0.25) is 5.02 Å². The number of anilines is 1. The van der Waals surface area contributed by atoms with Gasteiger partial charge in [0.05, 0.1) is 22.7 Å². The van der Waals surface area contributed by atoms with E-state index in [1.54, 1.807) is 48.5 Å². The molecule has 0 unspecified atom stereocenters. The van der Waals surface area contributed by atoms with E-state index in [0.717, 1.165) is 4.31 Å². The van der Waals surface area contributed by atoms with Gasteiger partial charge in [0.2, 0.25) is 0 Å². The minimum Gasteiger partial charge on any atom is -0.495 e. The number of benzene rings is 3. The van der Waals surface area contributed by atoms with Crippen molar-refractivity contribution in [3.8, 4) is 5.75 Å². The Morgan fingerprint density at radius 2 is 1.52 bits per heavy atom. The Balaban J connectivity index is 2.18. The SMILES string of the molecule is COc1ccc(N(C(=O)c2ccccc2)S(=O)(=O)c2ccccc2)cc1Cl. The number of amides is 1. The van der Waals surface area contributed by atoms with Crippen LogP contribution in [0.3, 0.4) is 0 Å². The van der Waals surface area contributed by atoms with Crippen LogP contribution < -0.4 is 9.04 Å². The van der Waals surface area contributed by atoms with Gasteiger partial charge in [0.25, 0.3) is 15.9 Å². The van der Waals surface area contributed by atoms with Gasteiger partial charge in [-0.2, -0.15) is 4.31 Å². The molecule has 0 aliphatic rings. The first-order valence-corrected chi connectivity index (χ1v) is 9.80. The molecule has 0 spiro atoms. The maximum absolute atomic E-state index is 13.2. The van der Waals surface area contributed by atoms with Gasteiger partial charge in [0.15, 0.2) is 0 Å². The monoisotopic (exact) mass is 401 g/mol. The third-order valence-corrected chi connectivity index (χ3v) is 5.88. The van der Waals surface area contributed by atoms with E-state index in [0.29, 0.717) is 5.75 Å². The average molecular weight is 402 g/mol. The topological polar surface area (TPSA) is 63.7 Å².